The maximum Gasteiger partial charge on any atom is 0.240 e. The zero-order valence-electron chi connectivity index (χ0n) is 10.9. The second-order valence-electron chi connectivity index (χ2n) is 4.08. The lowest BCUT2D eigenvalue weighted by molar-refractivity contribution is 0.136. The third-order valence-corrected chi connectivity index (χ3v) is 3.95. The van der Waals surface area contributed by atoms with Gasteiger partial charge in [-0.2, -0.15) is 0 Å². The highest BCUT2D eigenvalue weighted by Gasteiger charge is 2.14. The van der Waals surface area contributed by atoms with Crippen molar-refractivity contribution >= 4 is 15.7 Å². The molecule has 0 atom stereocenters. The van der Waals surface area contributed by atoms with Crippen LogP contribution >= 0.6 is 0 Å². The van der Waals surface area contributed by atoms with Gasteiger partial charge in [0, 0.05) is 13.2 Å². The van der Waals surface area contributed by atoms with Crippen LogP contribution in [-0.2, 0) is 14.8 Å². The molecule has 0 unspecified atom stereocenters. The van der Waals surface area contributed by atoms with Gasteiger partial charge in [-0.05, 0) is 24.6 Å². The summed E-state index contributed by atoms with van der Waals surface area (Å²) in [5, 5.41) is 9.25. The molecule has 0 aromatic heterocycles. The van der Waals surface area contributed by atoms with E-state index in [1.165, 1.54) is 18.2 Å². The molecule has 1 aromatic carbocycles. The number of sulfonamides is 1. The van der Waals surface area contributed by atoms with Gasteiger partial charge < -0.3 is 15.6 Å². The van der Waals surface area contributed by atoms with E-state index < -0.39 is 10.0 Å². The second-order valence-corrected chi connectivity index (χ2v) is 5.85. The Morgan fingerprint density at radius 2 is 2.11 bits per heavy atom. The van der Waals surface area contributed by atoms with Gasteiger partial charge in [-0.3, -0.25) is 0 Å². The van der Waals surface area contributed by atoms with Crippen molar-refractivity contribution in [2.24, 2.45) is 0 Å². The van der Waals surface area contributed by atoms with E-state index >= 15 is 0 Å². The number of hydrogen-bond donors (Lipinski definition) is 3. The van der Waals surface area contributed by atoms with Gasteiger partial charge in [0.25, 0.3) is 0 Å². The van der Waals surface area contributed by atoms with Crippen LogP contribution in [0.5, 0.6) is 5.75 Å². The molecule has 108 valence electrons. The second kappa shape index (κ2) is 7.32. The predicted molar refractivity (Wildman–Crippen MR) is 73.4 cm³/mol. The summed E-state index contributed by atoms with van der Waals surface area (Å²) in [7, 11) is -3.61. The van der Waals surface area contributed by atoms with E-state index in [2.05, 4.69) is 11.6 Å². The molecule has 0 fully saturated rings. The van der Waals surface area contributed by atoms with Crippen LogP contribution in [0.4, 0.5) is 5.69 Å². The highest BCUT2D eigenvalue weighted by atomic mass is 32.2. The van der Waals surface area contributed by atoms with Gasteiger partial charge >= 0.3 is 0 Å². The first-order valence-electron chi connectivity index (χ1n) is 6.13. The Morgan fingerprint density at radius 3 is 2.74 bits per heavy atom. The number of unbranched alkanes of at least 4 members (excludes halogenated alkanes) is 1. The average Bonchev–Trinajstić information content (AvgIpc) is 2.36. The Morgan fingerprint density at radius 1 is 1.37 bits per heavy atom. The van der Waals surface area contributed by atoms with Crippen molar-refractivity contribution < 1.29 is 18.3 Å². The number of nitrogens with two attached hydrogens (primary N) is 1. The summed E-state index contributed by atoms with van der Waals surface area (Å²) in [4.78, 5) is 0.0244. The van der Waals surface area contributed by atoms with Crippen molar-refractivity contribution in [1.82, 2.24) is 4.72 Å². The van der Waals surface area contributed by atoms with Crippen molar-refractivity contribution in [2.45, 2.75) is 24.7 Å². The molecular formula is C12H20N2O4S. The summed E-state index contributed by atoms with van der Waals surface area (Å²) < 4.78 is 31.4. The zero-order chi connectivity index (χ0) is 14.3. The monoisotopic (exact) mass is 288 g/mol. The number of ether oxygens (including phenoxy) is 1. The Balaban J connectivity index is 2.49. The average molecular weight is 288 g/mol. The molecular weight excluding hydrogens is 268 g/mol. The summed E-state index contributed by atoms with van der Waals surface area (Å²) in [6.07, 6.45) is 2.00. The highest BCUT2D eigenvalue weighted by Crippen LogP contribution is 2.22. The van der Waals surface area contributed by atoms with Crippen molar-refractivity contribution in [1.29, 1.82) is 0 Å². The first kappa shape index (κ1) is 15.7. The molecule has 0 spiro atoms. The van der Waals surface area contributed by atoms with Gasteiger partial charge in [0.1, 0.15) is 5.75 Å². The Hall–Kier alpha value is -1.31. The smallest absolute Gasteiger partial charge is 0.240 e. The molecule has 1 rings (SSSR count). The van der Waals surface area contributed by atoms with Gasteiger partial charge in [-0.1, -0.05) is 13.3 Å². The van der Waals surface area contributed by atoms with Crippen LogP contribution in [0.2, 0.25) is 0 Å². The Bertz CT molecular complexity index is 502. The SMILES string of the molecule is CCCCOCCNS(=O)(=O)c1ccc(O)c(N)c1. The first-order chi connectivity index (χ1) is 8.97. The maximum atomic E-state index is 11.9. The lowest BCUT2D eigenvalue weighted by Crippen LogP contribution is -2.27. The first-order valence-corrected chi connectivity index (χ1v) is 7.61. The van der Waals surface area contributed by atoms with Crippen LogP contribution in [0, 0.1) is 0 Å². The Labute approximate surface area is 113 Å². The van der Waals surface area contributed by atoms with Crippen LogP contribution < -0.4 is 10.5 Å². The van der Waals surface area contributed by atoms with Gasteiger partial charge in [0.15, 0.2) is 0 Å². The van der Waals surface area contributed by atoms with E-state index in [9.17, 15) is 13.5 Å². The lowest BCUT2D eigenvalue weighted by Gasteiger charge is -2.08. The number of hydrogen-bond acceptors (Lipinski definition) is 5. The van der Waals surface area contributed by atoms with E-state index in [-0.39, 0.29) is 22.9 Å². The fourth-order valence-corrected chi connectivity index (χ4v) is 2.43. The molecule has 1 aromatic rings. The van der Waals surface area contributed by atoms with Crippen molar-refractivity contribution in [2.75, 3.05) is 25.5 Å². The van der Waals surface area contributed by atoms with Crippen LogP contribution in [0.3, 0.4) is 0 Å². The molecule has 0 aliphatic rings. The number of phenolic OH excluding ortho intramolecular Hbond substituents is 1. The molecule has 0 aliphatic heterocycles. The van der Waals surface area contributed by atoms with E-state index in [4.69, 9.17) is 10.5 Å². The molecule has 0 heterocycles. The standard InChI is InChI=1S/C12H20N2O4S/c1-2-3-7-18-8-6-14-19(16,17)10-4-5-12(15)11(13)9-10/h4-5,9,14-15H,2-3,6-8,13H2,1H3. The molecule has 4 N–H and O–H groups in total. The van der Waals surface area contributed by atoms with E-state index in [1.54, 1.807) is 0 Å². The quantitative estimate of drug-likeness (QED) is 0.377. The number of benzene rings is 1. The zero-order valence-corrected chi connectivity index (χ0v) is 11.7. The number of phenols is 1. The minimum atomic E-state index is -3.61. The molecule has 0 bridgehead atoms. The lowest BCUT2D eigenvalue weighted by atomic mass is 10.3. The topological polar surface area (TPSA) is 102 Å². The highest BCUT2D eigenvalue weighted by molar-refractivity contribution is 7.89. The molecule has 0 aliphatic carbocycles. The van der Waals surface area contributed by atoms with Gasteiger partial charge in [0.05, 0.1) is 17.2 Å². The van der Waals surface area contributed by atoms with E-state index in [0.29, 0.717) is 13.2 Å². The van der Waals surface area contributed by atoms with Crippen molar-refractivity contribution in [3.63, 3.8) is 0 Å². The molecule has 0 amide bonds. The van der Waals surface area contributed by atoms with Crippen LogP contribution in [0.15, 0.2) is 23.1 Å². The molecule has 0 saturated carbocycles. The van der Waals surface area contributed by atoms with Gasteiger partial charge in [0.2, 0.25) is 10.0 Å². The summed E-state index contributed by atoms with van der Waals surface area (Å²) >= 11 is 0. The van der Waals surface area contributed by atoms with Crippen LogP contribution in [0.1, 0.15) is 19.8 Å². The van der Waals surface area contributed by atoms with Crippen molar-refractivity contribution in [3.8, 4) is 5.75 Å². The van der Waals surface area contributed by atoms with E-state index in [1.807, 2.05) is 0 Å². The summed E-state index contributed by atoms with van der Waals surface area (Å²) in [5.41, 5.74) is 5.49. The molecule has 7 heteroatoms. The maximum absolute atomic E-state index is 11.9. The fourth-order valence-electron chi connectivity index (χ4n) is 1.38. The van der Waals surface area contributed by atoms with Crippen LogP contribution in [-0.4, -0.2) is 33.3 Å². The van der Waals surface area contributed by atoms with E-state index in [0.717, 1.165) is 12.8 Å². The summed E-state index contributed by atoms with van der Waals surface area (Å²) in [6, 6.07) is 3.77. The number of nitrogens with one attached hydrogen (secondary N) is 1. The van der Waals surface area contributed by atoms with Crippen LogP contribution in [0.25, 0.3) is 0 Å². The third-order valence-electron chi connectivity index (χ3n) is 2.49. The van der Waals surface area contributed by atoms with Crippen molar-refractivity contribution in [3.05, 3.63) is 18.2 Å². The number of rotatable bonds is 8. The summed E-state index contributed by atoms with van der Waals surface area (Å²) in [6.45, 7) is 3.21. The summed E-state index contributed by atoms with van der Waals surface area (Å²) in [5.74, 6) is -0.137. The van der Waals surface area contributed by atoms with Gasteiger partial charge in [-0.25, -0.2) is 13.1 Å². The fraction of sp³-hybridized carbons (Fsp3) is 0.500. The number of anilines is 1. The minimum absolute atomic E-state index is 0.0244. The largest absolute Gasteiger partial charge is 0.506 e. The molecule has 19 heavy (non-hydrogen) atoms. The predicted octanol–water partition coefficient (Wildman–Crippen LogP) is 1.07. The third kappa shape index (κ3) is 5.06. The number of aromatic hydroxyl groups is 1. The normalized spacial score (nSPS) is 11.6. The minimum Gasteiger partial charge on any atom is -0.506 e. The molecule has 0 radical (unpaired) electrons. The Kier molecular flexibility index (Phi) is 6.07. The number of nitrogen functional groups attached to an aromatic ring is 1. The van der Waals surface area contributed by atoms with Gasteiger partial charge in [-0.15, -0.1) is 0 Å². The molecule has 6 nitrogen and oxygen atoms in total. The molecule has 0 saturated heterocycles.